The van der Waals surface area contributed by atoms with E-state index >= 15 is 0 Å². The molecule has 0 atom stereocenters. The largest absolute Gasteiger partial charge is 0.497 e. The van der Waals surface area contributed by atoms with Gasteiger partial charge in [0.25, 0.3) is 0 Å². The van der Waals surface area contributed by atoms with E-state index in [1.807, 2.05) is 6.08 Å². The summed E-state index contributed by atoms with van der Waals surface area (Å²) in [7, 11) is 1.39. The van der Waals surface area contributed by atoms with E-state index in [1.165, 1.54) is 18.7 Å². The van der Waals surface area contributed by atoms with Gasteiger partial charge in [-0.3, -0.25) is 10.1 Å². The van der Waals surface area contributed by atoms with Crippen LogP contribution in [0.1, 0.15) is 12.8 Å². The van der Waals surface area contributed by atoms with Crippen molar-refractivity contribution in [3.63, 3.8) is 0 Å². The average Bonchev–Trinajstić information content (AvgIpc) is 2.47. The van der Waals surface area contributed by atoms with E-state index in [0.29, 0.717) is 19.8 Å². The van der Waals surface area contributed by atoms with Crippen LogP contribution in [0.5, 0.6) is 5.75 Å². The molecule has 0 aromatic heterocycles. The Morgan fingerprint density at radius 3 is 2.95 bits per heavy atom. The van der Waals surface area contributed by atoms with Crippen LogP contribution in [-0.4, -0.2) is 31.8 Å². The fourth-order valence-corrected chi connectivity index (χ4v) is 2.16. The zero-order chi connectivity index (χ0) is 15.2. The van der Waals surface area contributed by atoms with Crippen molar-refractivity contribution in [2.45, 2.75) is 12.8 Å². The molecule has 0 amide bonds. The molecule has 6 nitrogen and oxygen atoms in total. The summed E-state index contributed by atoms with van der Waals surface area (Å²) >= 11 is 0. The van der Waals surface area contributed by atoms with Gasteiger partial charge >= 0.3 is 5.69 Å². The SMILES string of the molecule is COc1cc(F)c([N+](=O)[O-])c(NCCC2=CCOCC2)c1. The van der Waals surface area contributed by atoms with E-state index in [4.69, 9.17) is 9.47 Å². The maximum atomic E-state index is 13.7. The zero-order valence-corrected chi connectivity index (χ0v) is 11.7. The molecule has 0 saturated heterocycles. The van der Waals surface area contributed by atoms with Gasteiger partial charge in [0, 0.05) is 18.7 Å². The van der Waals surface area contributed by atoms with Crippen molar-refractivity contribution < 1.29 is 18.8 Å². The Morgan fingerprint density at radius 2 is 2.33 bits per heavy atom. The molecular formula is C14H17FN2O4. The molecule has 1 aromatic rings. The monoisotopic (exact) mass is 296 g/mol. The summed E-state index contributed by atoms with van der Waals surface area (Å²) in [5, 5.41) is 13.9. The number of nitrogens with one attached hydrogen (secondary N) is 1. The Bertz CT molecular complexity index is 560. The van der Waals surface area contributed by atoms with E-state index in [9.17, 15) is 14.5 Å². The number of hydrogen-bond donors (Lipinski definition) is 1. The first-order valence-electron chi connectivity index (χ1n) is 6.63. The van der Waals surface area contributed by atoms with Crippen LogP contribution >= 0.6 is 0 Å². The topological polar surface area (TPSA) is 73.6 Å². The summed E-state index contributed by atoms with van der Waals surface area (Å²) in [5.41, 5.74) is 0.807. The quantitative estimate of drug-likeness (QED) is 0.496. The molecule has 1 aliphatic rings. The first-order chi connectivity index (χ1) is 10.1. The highest BCUT2D eigenvalue weighted by Crippen LogP contribution is 2.32. The van der Waals surface area contributed by atoms with Crippen molar-refractivity contribution in [3.05, 3.63) is 39.7 Å². The van der Waals surface area contributed by atoms with Gasteiger partial charge < -0.3 is 14.8 Å². The second kappa shape index (κ2) is 7.03. The van der Waals surface area contributed by atoms with Crippen LogP contribution in [0.2, 0.25) is 0 Å². The van der Waals surface area contributed by atoms with Crippen molar-refractivity contribution in [1.29, 1.82) is 0 Å². The Kier molecular flexibility index (Phi) is 5.10. The van der Waals surface area contributed by atoms with Gasteiger partial charge in [-0.25, -0.2) is 0 Å². The third-order valence-corrected chi connectivity index (χ3v) is 3.27. The van der Waals surface area contributed by atoms with Gasteiger partial charge in [-0.2, -0.15) is 4.39 Å². The Balaban J connectivity index is 2.08. The lowest BCUT2D eigenvalue weighted by atomic mass is 10.1. The lowest BCUT2D eigenvalue weighted by molar-refractivity contribution is -0.386. The third-order valence-electron chi connectivity index (χ3n) is 3.27. The first-order valence-corrected chi connectivity index (χ1v) is 6.63. The number of nitro groups is 1. The molecule has 0 aliphatic carbocycles. The molecule has 1 N–H and O–H groups in total. The highest BCUT2D eigenvalue weighted by Gasteiger charge is 2.22. The number of benzene rings is 1. The zero-order valence-electron chi connectivity index (χ0n) is 11.7. The first kappa shape index (κ1) is 15.2. The van der Waals surface area contributed by atoms with Crippen molar-refractivity contribution in [2.75, 3.05) is 32.2 Å². The van der Waals surface area contributed by atoms with E-state index in [0.717, 1.165) is 18.9 Å². The van der Waals surface area contributed by atoms with Crippen LogP contribution in [0.4, 0.5) is 15.8 Å². The van der Waals surface area contributed by atoms with Gasteiger partial charge in [0.15, 0.2) is 0 Å². The summed E-state index contributed by atoms with van der Waals surface area (Å²) in [6.45, 7) is 1.78. The molecule has 0 fully saturated rings. The van der Waals surface area contributed by atoms with Crippen LogP contribution in [0, 0.1) is 15.9 Å². The standard InChI is InChI=1S/C14H17FN2O4/c1-20-11-8-12(15)14(17(18)19)13(9-11)16-5-2-10-3-6-21-7-4-10/h3,8-9,16H,2,4-7H2,1H3. The Hall–Kier alpha value is -2.15. The molecule has 0 saturated carbocycles. The minimum absolute atomic E-state index is 0.129. The predicted molar refractivity (Wildman–Crippen MR) is 76.2 cm³/mol. The lowest BCUT2D eigenvalue weighted by Crippen LogP contribution is -2.10. The van der Waals surface area contributed by atoms with E-state index < -0.39 is 16.4 Å². The molecule has 21 heavy (non-hydrogen) atoms. The van der Waals surface area contributed by atoms with Crippen LogP contribution in [0.25, 0.3) is 0 Å². The Labute approximate surface area is 121 Å². The van der Waals surface area contributed by atoms with Crippen molar-refractivity contribution in [1.82, 2.24) is 0 Å². The van der Waals surface area contributed by atoms with Gasteiger partial charge in [-0.15, -0.1) is 0 Å². The van der Waals surface area contributed by atoms with E-state index in [-0.39, 0.29) is 11.4 Å². The molecule has 7 heteroatoms. The molecule has 2 rings (SSSR count). The molecule has 1 aliphatic heterocycles. The highest BCUT2D eigenvalue weighted by molar-refractivity contribution is 5.65. The fraction of sp³-hybridized carbons (Fsp3) is 0.429. The maximum Gasteiger partial charge on any atom is 0.327 e. The second-order valence-corrected chi connectivity index (χ2v) is 4.63. The highest BCUT2D eigenvalue weighted by atomic mass is 19.1. The maximum absolute atomic E-state index is 13.7. The minimum atomic E-state index is -0.910. The minimum Gasteiger partial charge on any atom is -0.497 e. The van der Waals surface area contributed by atoms with Crippen molar-refractivity contribution in [3.8, 4) is 5.75 Å². The van der Waals surface area contributed by atoms with Gasteiger partial charge in [-0.1, -0.05) is 11.6 Å². The number of nitro benzene ring substituents is 1. The number of hydrogen-bond acceptors (Lipinski definition) is 5. The number of halogens is 1. The third kappa shape index (κ3) is 3.91. The molecule has 0 unspecified atom stereocenters. The van der Waals surface area contributed by atoms with Crippen molar-refractivity contribution in [2.24, 2.45) is 0 Å². The lowest BCUT2D eigenvalue weighted by Gasteiger charge is -2.14. The van der Waals surface area contributed by atoms with E-state index in [1.54, 1.807) is 0 Å². The van der Waals surface area contributed by atoms with Crippen LogP contribution in [-0.2, 0) is 4.74 Å². The summed E-state index contributed by atoms with van der Waals surface area (Å²) in [6.07, 6.45) is 3.60. The van der Waals surface area contributed by atoms with Crippen LogP contribution in [0.3, 0.4) is 0 Å². The number of methoxy groups -OCH3 is 1. The summed E-state index contributed by atoms with van der Waals surface area (Å²) < 4.78 is 23.9. The molecule has 0 spiro atoms. The van der Waals surface area contributed by atoms with E-state index in [2.05, 4.69) is 5.32 Å². The molecule has 0 bridgehead atoms. The second-order valence-electron chi connectivity index (χ2n) is 4.63. The number of rotatable bonds is 6. The van der Waals surface area contributed by atoms with Gasteiger partial charge in [-0.05, 0) is 12.8 Å². The van der Waals surface area contributed by atoms with Gasteiger partial charge in [0.05, 0.1) is 25.2 Å². The molecule has 114 valence electrons. The molecule has 1 aromatic carbocycles. The predicted octanol–water partition coefficient (Wildman–Crippen LogP) is 2.89. The summed E-state index contributed by atoms with van der Waals surface area (Å²) in [6, 6.07) is 2.43. The number of ether oxygens (including phenoxy) is 2. The smallest absolute Gasteiger partial charge is 0.327 e. The normalized spacial score (nSPS) is 14.5. The van der Waals surface area contributed by atoms with Crippen molar-refractivity contribution >= 4 is 11.4 Å². The summed E-state index contributed by atoms with van der Waals surface area (Å²) in [4.78, 5) is 10.2. The molecular weight excluding hydrogens is 279 g/mol. The Morgan fingerprint density at radius 1 is 1.52 bits per heavy atom. The van der Waals surface area contributed by atoms with Crippen LogP contribution in [0.15, 0.2) is 23.8 Å². The van der Waals surface area contributed by atoms with Gasteiger partial charge in [0.1, 0.15) is 11.4 Å². The summed E-state index contributed by atoms with van der Waals surface area (Å²) in [5.74, 6) is -0.669. The number of nitrogens with zero attached hydrogens (tertiary/aromatic N) is 1. The fourth-order valence-electron chi connectivity index (χ4n) is 2.16. The van der Waals surface area contributed by atoms with Crippen LogP contribution < -0.4 is 10.1 Å². The molecule has 1 heterocycles. The number of anilines is 1. The van der Waals surface area contributed by atoms with Gasteiger partial charge in [0.2, 0.25) is 5.82 Å². The molecule has 0 radical (unpaired) electrons. The average molecular weight is 296 g/mol.